The van der Waals surface area contributed by atoms with Crippen LogP contribution in [0.5, 0.6) is 5.75 Å². The number of aromatic nitrogens is 3. The third kappa shape index (κ3) is 6.08. The van der Waals surface area contributed by atoms with Crippen molar-refractivity contribution in [1.29, 1.82) is 0 Å². The number of carbonyl (C=O) groups is 1. The van der Waals surface area contributed by atoms with Gasteiger partial charge in [-0.1, -0.05) is 30.0 Å². The molecule has 0 aliphatic heterocycles. The number of benzene rings is 3. The number of nitrogens with one attached hydrogen (secondary N) is 1. The molecule has 4 aromatic rings. The minimum atomic E-state index is -0.576. The number of nitro benzene ring substituents is 2. The first kappa shape index (κ1) is 25.3. The number of carbonyl (C=O) groups excluding carboxylic acids is 1. The highest BCUT2D eigenvalue weighted by atomic mass is 32.2. The molecule has 1 N–H and O–H groups in total. The lowest BCUT2D eigenvalue weighted by atomic mass is 10.2. The van der Waals surface area contributed by atoms with Crippen LogP contribution in [-0.4, -0.2) is 37.6 Å². The van der Waals surface area contributed by atoms with Gasteiger partial charge in [0.2, 0.25) is 0 Å². The standard InChI is InChI=1S/C24H20N6O6S/c1-36-21-7-2-4-16(12-21)15-37-24-27-26-22(28(24)18-8-10-19(11-9-18)29(32)33)14-25-23(31)17-5-3-6-20(13-17)30(34)35/h2-13H,14-15H2,1H3,(H,25,31). The summed E-state index contributed by atoms with van der Waals surface area (Å²) in [4.78, 5) is 33.7. The molecule has 3 aromatic carbocycles. The van der Waals surface area contributed by atoms with Crippen LogP contribution in [0.25, 0.3) is 5.69 Å². The zero-order valence-corrected chi connectivity index (χ0v) is 20.3. The number of nitrogens with zero attached hydrogens (tertiary/aromatic N) is 5. The number of methoxy groups -OCH3 is 1. The van der Waals surface area contributed by atoms with E-state index in [4.69, 9.17) is 4.74 Å². The van der Waals surface area contributed by atoms with Crippen LogP contribution in [0.3, 0.4) is 0 Å². The summed E-state index contributed by atoms with van der Waals surface area (Å²) < 4.78 is 6.97. The van der Waals surface area contributed by atoms with Crippen molar-refractivity contribution in [3.63, 3.8) is 0 Å². The molecular formula is C24H20N6O6S. The van der Waals surface area contributed by atoms with Gasteiger partial charge in [0.25, 0.3) is 17.3 Å². The third-order valence-corrected chi connectivity index (χ3v) is 6.25. The number of hydrogen-bond donors (Lipinski definition) is 1. The van der Waals surface area contributed by atoms with Crippen molar-refractivity contribution in [2.24, 2.45) is 0 Å². The maximum absolute atomic E-state index is 12.7. The zero-order chi connectivity index (χ0) is 26.4. The molecule has 12 nitrogen and oxygen atoms in total. The minimum Gasteiger partial charge on any atom is -0.497 e. The molecule has 0 aliphatic rings. The summed E-state index contributed by atoms with van der Waals surface area (Å²) >= 11 is 1.39. The number of non-ortho nitro benzene ring substituents is 2. The van der Waals surface area contributed by atoms with Crippen LogP contribution in [-0.2, 0) is 12.3 Å². The maximum Gasteiger partial charge on any atom is 0.270 e. The van der Waals surface area contributed by atoms with Crippen LogP contribution in [0.15, 0.2) is 78.0 Å². The van der Waals surface area contributed by atoms with Crippen LogP contribution in [0, 0.1) is 20.2 Å². The highest BCUT2D eigenvalue weighted by Gasteiger charge is 2.18. The lowest BCUT2D eigenvalue weighted by molar-refractivity contribution is -0.385. The lowest BCUT2D eigenvalue weighted by Crippen LogP contribution is -2.24. The van der Waals surface area contributed by atoms with Crippen molar-refractivity contribution in [1.82, 2.24) is 20.1 Å². The van der Waals surface area contributed by atoms with Crippen LogP contribution in [0.2, 0.25) is 0 Å². The first-order valence-electron chi connectivity index (χ1n) is 10.8. The zero-order valence-electron chi connectivity index (χ0n) is 19.4. The summed E-state index contributed by atoms with van der Waals surface area (Å²) in [6.07, 6.45) is 0. The summed E-state index contributed by atoms with van der Waals surface area (Å²) in [5.74, 6) is 1.12. The molecule has 0 unspecified atom stereocenters. The predicted molar refractivity (Wildman–Crippen MR) is 135 cm³/mol. The molecule has 0 saturated heterocycles. The van der Waals surface area contributed by atoms with Crippen LogP contribution in [0.1, 0.15) is 21.7 Å². The molecule has 0 bridgehead atoms. The smallest absolute Gasteiger partial charge is 0.270 e. The van der Waals surface area contributed by atoms with Gasteiger partial charge in [-0.25, -0.2) is 0 Å². The summed E-state index contributed by atoms with van der Waals surface area (Å²) in [5, 5.41) is 33.8. The topological polar surface area (TPSA) is 155 Å². The van der Waals surface area contributed by atoms with Gasteiger partial charge in [-0.15, -0.1) is 10.2 Å². The molecule has 188 valence electrons. The van der Waals surface area contributed by atoms with Crippen molar-refractivity contribution in [2.45, 2.75) is 17.5 Å². The van der Waals surface area contributed by atoms with Gasteiger partial charge in [0.1, 0.15) is 5.75 Å². The SMILES string of the molecule is COc1cccc(CSc2nnc(CNC(=O)c3cccc([N+](=O)[O-])c3)n2-c2ccc([N+](=O)[O-])cc2)c1. The second kappa shape index (κ2) is 11.3. The Hall–Kier alpha value is -4.78. The highest BCUT2D eigenvalue weighted by Crippen LogP contribution is 2.27. The fourth-order valence-corrected chi connectivity index (χ4v) is 4.34. The fraction of sp³-hybridized carbons (Fsp3) is 0.125. The number of rotatable bonds is 10. The first-order valence-corrected chi connectivity index (χ1v) is 11.8. The molecular weight excluding hydrogens is 500 g/mol. The normalized spacial score (nSPS) is 10.6. The number of thioether (sulfide) groups is 1. The summed E-state index contributed by atoms with van der Waals surface area (Å²) in [6, 6.07) is 18.8. The monoisotopic (exact) mass is 520 g/mol. The van der Waals surface area contributed by atoms with E-state index in [1.165, 1.54) is 48.2 Å². The van der Waals surface area contributed by atoms with Crippen LogP contribution < -0.4 is 10.1 Å². The van der Waals surface area contributed by atoms with E-state index in [-0.39, 0.29) is 23.5 Å². The van der Waals surface area contributed by atoms with Crippen LogP contribution in [0.4, 0.5) is 11.4 Å². The van der Waals surface area contributed by atoms with Gasteiger partial charge < -0.3 is 10.1 Å². The molecule has 0 atom stereocenters. The Balaban J connectivity index is 1.59. The van der Waals surface area contributed by atoms with E-state index in [9.17, 15) is 25.0 Å². The lowest BCUT2D eigenvalue weighted by Gasteiger charge is -2.11. The Labute approximate surface area is 214 Å². The van der Waals surface area contributed by atoms with Gasteiger partial charge >= 0.3 is 0 Å². The van der Waals surface area contributed by atoms with Crippen molar-refractivity contribution in [3.8, 4) is 11.4 Å². The van der Waals surface area contributed by atoms with Crippen molar-refractivity contribution >= 4 is 29.0 Å². The minimum absolute atomic E-state index is 0.0365. The Morgan fingerprint density at radius 1 is 0.973 bits per heavy atom. The van der Waals surface area contributed by atoms with Gasteiger partial charge in [0.05, 0.1) is 23.5 Å². The number of nitro groups is 2. The van der Waals surface area contributed by atoms with Crippen molar-refractivity contribution in [3.05, 3.63) is 110 Å². The van der Waals surface area contributed by atoms with Gasteiger partial charge in [-0.2, -0.15) is 0 Å². The van der Waals surface area contributed by atoms with Gasteiger partial charge in [0, 0.05) is 41.3 Å². The molecule has 0 fully saturated rings. The van der Waals surface area contributed by atoms with Crippen molar-refractivity contribution < 1.29 is 19.4 Å². The molecule has 0 spiro atoms. The van der Waals surface area contributed by atoms with E-state index in [0.29, 0.717) is 22.4 Å². The summed E-state index contributed by atoms with van der Waals surface area (Å²) in [6.45, 7) is -0.0365. The van der Waals surface area contributed by atoms with E-state index in [0.717, 1.165) is 11.3 Å². The van der Waals surface area contributed by atoms with Crippen LogP contribution >= 0.6 is 11.8 Å². The molecule has 13 heteroatoms. The van der Waals surface area contributed by atoms with E-state index in [1.807, 2.05) is 24.3 Å². The highest BCUT2D eigenvalue weighted by molar-refractivity contribution is 7.98. The summed E-state index contributed by atoms with van der Waals surface area (Å²) in [7, 11) is 1.59. The average Bonchev–Trinajstić information content (AvgIpc) is 3.33. The average molecular weight is 521 g/mol. The first-order chi connectivity index (χ1) is 17.9. The molecule has 4 rings (SSSR count). The van der Waals surface area contributed by atoms with E-state index >= 15 is 0 Å². The van der Waals surface area contributed by atoms with Gasteiger partial charge in [-0.3, -0.25) is 29.6 Å². The molecule has 1 amide bonds. The Morgan fingerprint density at radius 2 is 1.70 bits per heavy atom. The quantitative estimate of drug-likeness (QED) is 0.183. The largest absolute Gasteiger partial charge is 0.497 e. The number of amides is 1. The Morgan fingerprint density at radius 3 is 2.41 bits per heavy atom. The molecule has 37 heavy (non-hydrogen) atoms. The molecule has 1 aromatic heterocycles. The van der Waals surface area contributed by atoms with E-state index in [2.05, 4.69) is 15.5 Å². The Kier molecular flexibility index (Phi) is 7.74. The molecule has 1 heterocycles. The second-order valence-corrected chi connectivity index (χ2v) is 8.58. The maximum atomic E-state index is 12.7. The predicted octanol–water partition coefficient (Wildman–Crippen LogP) is 4.31. The molecule has 0 aliphatic carbocycles. The molecule has 0 radical (unpaired) electrons. The Bertz CT molecular complexity index is 1460. The molecule has 0 saturated carbocycles. The third-order valence-electron chi connectivity index (χ3n) is 5.25. The number of ether oxygens (including phenoxy) is 1. The number of hydrogen-bond acceptors (Lipinski definition) is 9. The van der Waals surface area contributed by atoms with E-state index < -0.39 is 15.8 Å². The van der Waals surface area contributed by atoms with Crippen molar-refractivity contribution in [2.75, 3.05) is 7.11 Å². The van der Waals surface area contributed by atoms with E-state index in [1.54, 1.807) is 23.8 Å². The fourth-order valence-electron chi connectivity index (χ4n) is 3.42. The second-order valence-electron chi connectivity index (χ2n) is 7.64. The summed E-state index contributed by atoms with van der Waals surface area (Å²) in [5.41, 5.74) is 1.43. The van der Waals surface area contributed by atoms with Gasteiger partial charge in [-0.05, 0) is 35.9 Å². The van der Waals surface area contributed by atoms with Gasteiger partial charge in [0.15, 0.2) is 11.0 Å².